The zero-order valence-corrected chi connectivity index (χ0v) is 19.5. The topological polar surface area (TPSA) is 122 Å². The summed E-state index contributed by atoms with van der Waals surface area (Å²) in [5, 5.41) is 11.5. The first-order chi connectivity index (χ1) is 14.8. The number of para-hydroxylation sites is 2. The van der Waals surface area contributed by atoms with Gasteiger partial charge in [-0.2, -0.15) is 0 Å². The van der Waals surface area contributed by atoms with Gasteiger partial charge in [0.05, 0.1) is 16.8 Å². The number of esters is 1. The molecule has 32 heavy (non-hydrogen) atoms. The number of ether oxygens (including phenoxy) is 1. The number of ketones is 1. The third kappa shape index (κ3) is 6.02. The lowest BCUT2D eigenvalue weighted by Crippen LogP contribution is -2.44. The summed E-state index contributed by atoms with van der Waals surface area (Å²) in [6.07, 6.45) is 0. The summed E-state index contributed by atoms with van der Waals surface area (Å²) in [5.41, 5.74) is -3.05. The van der Waals surface area contributed by atoms with Crippen LogP contribution in [0.3, 0.4) is 0 Å². The van der Waals surface area contributed by atoms with Crippen molar-refractivity contribution in [1.29, 1.82) is 0 Å². The molecule has 0 aliphatic rings. The highest BCUT2D eigenvalue weighted by Crippen LogP contribution is 2.50. The van der Waals surface area contributed by atoms with Gasteiger partial charge in [0.1, 0.15) is 16.8 Å². The van der Waals surface area contributed by atoms with Crippen LogP contribution in [0.5, 0.6) is 5.75 Å². The van der Waals surface area contributed by atoms with Gasteiger partial charge in [0.25, 0.3) is 0 Å². The fourth-order valence-corrected chi connectivity index (χ4v) is 4.17. The first kappa shape index (κ1) is 25.2. The van der Waals surface area contributed by atoms with Crippen molar-refractivity contribution in [3.8, 4) is 5.75 Å². The number of carbonyl (C=O) groups excluding carboxylic acids is 2. The van der Waals surface area contributed by atoms with Crippen molar-refractivity contribution in [3.05, 3.63) is 64.7 Å². The summed E-state index contributed by atoms with van der Waals surface area (Å²) in [4.78, 5) is 35.8. The van der Waals surface area contributed by atoms with Crippen molar-refractivity contribution in [2.24, 2.45) is 5.41 Å². The minimum absolute atomic E-state index is 0.105. The first-order valence-corrected chi connectivity index (χ1v) is 11.3. The van der Waals surface area contributed by atoms with E-state index in [1.54, 1.807) is 39.0 Å². The maximum absolute atomic E-state index is 13.8. The summed E-state index contributed by atoms with van der Waals surface area (Å²) in [7, 11) is -4.25. The largest absolute Gasteiger partial charge is 0.459 e. The molecule has 0 spiro atoms. The minimum Gasteiger partial charge on any atom is -0.459 e. The van der Waals surface area contributed by atoms with Crippen molar-refractivity contribution < 1.29 is 32.9 Å². The Hall–Kier alpha value is -3.03. The van der Waals surface area contributed by atoms with Crippen molar-refractivity contribution in [2.75, 3.05) is 6.61 Å². The molecule has 0 fully saturated rings. The zero-order valence-electron chi connectivity index (χ0n) is 18.6. The summed E-state index contributed by atoms with van der Waals surface area (Å²) in [6, 6.07) is 13.2. The van der Waals surface area contributed by atoms with Crippen molar-refractivity contribution in [3.63, 3.8) is 0 Å². The molecule has 0 saturated heterocycles. The molecule has 0 radical (unpaired) electrons. The molecular formula is C22H26NO8P. The van der Waals surface area contributed by atoms with Crippen LogP contribution in [0.15, 0.2) is 54.6 Å². The molecule has 172 valence electrons. The molecule has 0 amide bonds. The number of hydrogen-bond donors (Lipinski definition) is 0. The molecule has 0 heterocycles. The molecule has 2 unspecified atom stereocenters. The summed E-state index contributed by atoms with van der Waals surface area (Å²) in [6.45, 7) is 6.86. The van der Waals surface area contributed by atoms with E-state index in [1.807, 2.05) is 0 Å². The zero-order chi connectivity index (χ0) is 24.2. The minimum atomic E-state index is -4.25. The van der Waals surface area contributed by atoms with E-state index in [-0.39, 0.29) is 11.1 Å². The number of nitrogens with zero attached hydrogens (tertiary/aromatic N) is 1. The van der Waals surface area contributed by atoms with Crippen LogP contribution in [0, 0.1) is 15.5 Å². The van der Waals surface area contributed by atoms with Gasteiger partial charge in [-0.15, -0.1) is 0 Å². The summed E-state index contributed by atoms with van der Waals surface area (Å²) in [5.74, 6) is -1.67. The number of nitro benzene ring substituents is 1. The molecule has 0 N–H and O–H groups in total. The standard InChI is InChI=1S/C22H26NO8P/c1-16(24)22(5,20(25)30-21(2,3)4)15-29-32(28,17-11-7-6-8-12-17)31-19-14-10-9-13-18(19)23(26)27/h6-14H,15H2,1-5H3. The van der Waals surface area contributed by atoms with Crippen LogP contribution >= 0.6 is 7.60 Å². The molecule has 9 nitrogen and oxygen atoms in total. The predicted molar refractivity (Wildman–Crippen MR) is 118 cm³/mol. The maximum Gasteiger partial charge on any atom is 0.411 e. The third-order valence-corrected chi connectivity index (χ3v) is 6.34. The second kappa shape index (κ2) is 9.63. The van der Waals surface area contributed by atoms with Gasteiger partial charge in [-0.1, -0.05) is 30.3 Å². The molecule has 2 aromatic rings. The Morgan fingerprint density at radius 3 is 2.09 bits per heavy atom. The average molecular weight is 463 g/mol. The lowest BCUT2D eigenvalue weighted by molar-refractivity contribution is -0.385. The lowest BCUT2D eigenvalue weighted by Gasteiger charge is -2.30. The van der Waals surface area contributed by atoms with Crippen molar-refractivity contribution in [2.45, 2.75) is 40.2 Å². The fraction of sp³-hybridized carbons (Fsp3) is 0.364. The van der Waals surface area contributed by atoms with Gasteiger partial charge in [0.2, 0.25) is 5.75 Å². The van der Waals surface area contributed by atoms with E-state index in [4.69, 9.17) is 13.8 Å². The van der Waals surface area contributed by atoms with Crippen LogP contribution in [-0.2, 0) is 23.4 Å². The van der Waals surface area contributed by atoms with Crippen LogP contribution in [0.25, 0.3) is 0 Å². The maximum atomic E-state index is 13.8. The molecule has 0 aromatic heterocycles. The van der Waals surface area contributed by atoms with Crippen molar-refractivity contribution >= 4 is 30.3 Å². The quantitative estimate of drug-likeness (QED) is 0.176. The lowest BCUT2D eigenvalue weighted by atomic mass is 9.87. The van der Waals surface area contributed by atoms with Crippen LogP contribution < -0.4 is 9.83 Å². The third-order valence-electron chi connectivity index (χ3n) is 4.50. The van der Waals surface area contributed by atoms with Crippen LogP contribution in [-0.4, -0.2) is 28.9 Å². The van der Waals surface area contributed by atoms with Gasteiger partial charge < -0.3 is 9.26 Å². The van der Waals surface area contributed by atoms with Gasteiger partial charge in [-0.25, -0.2) is 4.57 Å². The van der Waals surface area contributed by atoms with Gasteiger partial charge in [-0.3, -0.25) is 24.2 Å². The SMILES string of the molecule is CC(=O)C(C)(COP(=O)(Oc1ccccc1[N+](=O)[O-])c1ccccc1)C(=O)OC(C)(C)C. The predicted octanol–water partition coefficient (Wildman–Crippen LogP) is 4.45. The number of hydrogen-bond acceptors (Lipinski definition) is 8. The Balaban J connectivity index is 2.44. The Labute approximate surface area is 186 Å². The van der Waals surface area contributed by atoms with Gasteiger partial charge >= 0.3 is 19.3 Å². The number of rotatable bonds is 9. The Morgan fingerprint density at radius 1 is 1.00 bits per heavy atom. The Morgan fingerprint density at radius 2 is 1.56 bits per heavy atom. The smallest absolute Gasteiger partial charge is 0.411 e. The van der Waals surface area contributed by atoms with Crippen molar-refractivity contribution in [1.82, 2.24) is 0 Å². The summed E-state index contributed by atoms with van der Waals surface area (Å²) >= 11 is 0. The van der Waals surface area contributed by atoms with E-state index in [0.29, 0.717) is 0 Å². The highest BCUT2D eigenvalue weighted by Gasteiger charge is 2.45. The highest BCUT2D eigenvalue weighted by molar-refractivity contribution is 7.62. The van der Waals surface area contributed by atoms with Gasteiger partial charge in [0.15, 0.2) is 0 Å². The number of nitro groups is 1. The molecule has 0 saturated carbocycles. The molecule has 2 rings (SSSR count). The Bertz CT molecular complexity index is 1050. The highest BCUT2D eigenvalue weighted by atomic mass is 31.2. The number of carbonyl (C=O) groups is 2. The molecule has 2 aromatic carbocycles. The number of Topliss-reactive ketones (excluding diaryl/α,β-unsaturated/α-hetero) is 1. The van der Waals surface area contributed by atoms with E-state index in [1.165, 1.54) is 50.2 Å². The monoisotopic (exact) mass is 463 g/mol. The normalized spacial score (nSPS) is 15.2. The molecule has 0 aliphatic heterocycles. The van der Waals surface area contributed by atoms with E-state index >= 15 is 0 Å². The van der Waals surface area contributed by atoms with E-state index in [0.717, 1.165) is 0 Å². The average Bonchev–Trinajstić information content (AvgIpc) is 2.71. The summed E-state index contributed by atoms with van der Waals surface area (Å²) < 4.78 is 30.3. The Kier molecular flexibility index (Phi) is 7.59. The molecule has 0 bridgehead atoms. The molecular weight excluding hydrogens is 437 g/mol. The second-order valence-electron chi connectivity index (χ2n) is 8.31. The van der Waals surface area contributed by atoms with E-state index in [9.17, 15) is 24.3 Å². The van der Waals surface area contributed by atoms with Gasteiger partial charge in [0, 0.05) is 6.07 Å². The number of benzene rings is 2. The second-order valence-corrected chi connectivity index (χ2v) is 10.3. The van der Waals surface area contributed by atoms with E-state index < -0.39 is 47.6 Å². The van der Waals surface area contributed by atoms with Crippen LogP contribution in [0.4, 0.5) is 5.69 Å². The van der Waals surface area contributed by atoms with Crippen LogP contribution in [0.2, 0.25) is 0 Å². The van der Waals surface area contributed by atoms with Gasteiger partial charge in [-0.05, 0) is 52.8 Å². The fourth-order valence-electron chi connectivity index (χ4n) is 2.49. The molecule has 0 aliphatic carbocycles. The van der Waals surface area contributed by atoms with Crippen LogP contribution in [0.1, 0.15) is 34.6 Å². The molecule has 2 atom stereocenters. The first-order valence-electron chi connectivity index (χ1n) is 9.76. The molecule has 10 heteroatoms. The van der Waals surface area contributed by atoms with E-state index in [2.05, 4.69) is 0 Å².